The predicted octanol–water partition coefficient (Wildman–Crippen LogP) is 5.92. The number of thioether (sulfide) groups is 1. The van der Waals surface area contributed by atoms with Gasteiger partial charge in [0.2, 0.25) is 0 Å². The second kappa shape index (κ2) is 11.1. The van der Waals surface area contributed by atoms with Gasteiger partial charge in [-0.15, -0.1) is 11.8 Å². The van der Waals surface area contributed by atoms with E-state index in [1.807, 2.05) is 41.1 Å². The molecule has 1 N–H and O–H groups in total. The van der Waals surface area contributed by atoms with E-state index in [0.29, 0.717) is 36.8 Å². The quantitative estimate of drug-likeness (QED) is 0.342. The number of benzene rings is 1. The van der Waals surface area contributed by atoms with Crippen molar-refractivity contribution >= 4 is 11.8 Å². The zero-order chi connectivity index (χ0) is 20.6. The van der Waals surface area contributed by atoms with Crippen molar-refractivity contribution in [3.05, 3.63) is 47.7 Å². The number of fused-ring (bicyclic) bond motifs is 1. The van der Waals surface area contributed by atoms with Crippen LogP contribution in [0.25, 0.3) is 0 Å². The van der Waals surface area contributed by atoms with Crippen molar-refractivity contribution < 1.29 is 14.2 Å². The molecule has 4 nitrogen and oxygen atoms in total. The highest BCUT2D eigenvalue weighted by Crippen LogP contribution is 2.41. The lowest BCUT2D eigenvalue weighted by Gasteiger charge is -2.18. The molecular formula is C23H33FN2O2S. The molecule has 1 aliphatic rings. The van der Waals surface area contributed by atoms with Crippen LogP contribution in [0.4, 0.5) is 4.39 Å². The van der Waals surface area contributed by atoms with Crippen LogP contribution < -0.4 is 0 Å². The highest BCUT2D eigenvalue weighted by Gasteiger charge is 2.33. The highest BCUT2D eigenvalue weighted by atomic mass is 32.2. The number of halogens is 1. The molecule has 2 aromatic rings. The molecule has 4 atom stereocenters. The van der Waals surface area contributed by atoms with E-state index in [4.69, 9.17) is 4.74 Å². The fourth-order valence-electron chi connectivity index (χ4n) is 3.80. The Kier molecular flexibility index (Phi) is 8.57. The maximum absolute atomic E-state index is 14.5. The Bertz CT molecular complexity index is 740. The summed E-state index contributed by atoms with van der Waals surface area (Å²) in [7, 11) is 0. The summed E-state index contributed by atoms with van der Waals surface area (Å²) >= 11 is 1.55. The number of unbranched alkanes of at least 4 members (excludes halogenated alkanes) is 1. The minimum Gasteiger partial charge on any atom is -0.368 e. The molecule has 0 saturated heterocycles. The van der Waals surface area contributed by atoms with E-state index in [0.717, 1.165) is 23.4 Å². The summed E-state index contributed by atoms with van der Waals surface area (Å²) in [5.41, 5.74) is 1.74. The Morgan fingerprint density at radius 1 is 1.28 bits per heavy atom. The van der Waals surface area contributed by atoms with Crippen LogP contribution in [-0.4, -0.2) is 33.5 Å². The first-order valence-corrected chi connectivity index (χ1v) is 11.8. The Morgan fingerprint density at radius 2 is 2.07 bits per heavy atom. The van der Waals surface area contributed by atoms with Crippen molar-refractivity contribution in [3.63, 3.8) is 0 Å². The number of ether oxygens (including phenoxy) is 1. The van der Waals surface area contributed by atoms with E-state index in [1.54, 1.807) is 11.8 Å². The van der Waals surface area contributed by atoms with E-state index in [2.05, 4.69) is 18.9 Å². The topological polar surface area (TPSA) is 47.3 Å². The lowest BCUT2D eigenvalue weighted by Crippen LogP contribution is -2.18. The minimum atomic E-state index is -0.981. The summed E-state index contributed by atoms with van der Waals surface area (Å²) in [5.74, 6) is 1.21. The van der Waals surface area contributed by atoms with Gasteiger partial charge in [-0.2, -0.15) is 5.10 Å². The van der Waals surface area contributed by atoms with Crippen LogP contribution in [0.1, 0.15) is 75.8 Å². The molecule has 1 aromatic carbocycles. The van der Waals surface area contributed by atoms with Crippen molar-refractivity contribution in [3.8, 4) is 0 Å². The summed E-state index contributed by atoms with van der Waals surface area (Å²) in [6.45, 7) is 4.98. The van der Waals surface area contributed by atoms with Gasteiger partial charge in [-0.3, -0.25) is 4.68 Å². The largest absolute Gasteiger partial charge is 0.368 e. The molecule has 0 aliphatic carbocycles. The van der Waals surface area contributed by atoms with Crippen LogP contribution in [0.2, 0.25) is 0 Å². The third-order valence-corrected chi connectivity index (χ3v) is 6.59. The minimum absolute atomic E-state index is 0.0430. The average molecular weight is 421 g/mol. The average Bonchev–Trinajstić information content (AvgIpc) is 3.29. The number of hydrogen-bond donors (Lipinski definition) is 1. The Balaban J connectivity index is 1.47. The van der Waals surface area contributed by atoms with Crippen LogP contribution in [-0.2, 0) is 4.74 Å². The number of nitrogens with zero attached hydrogens (tertiary/aromatic N) is 2. The predicted molar refractivity (Wildman–Crippen MR) is 116 cm³/mol. The molecule has 0 saturated carbocycles. The van der Waals surface area contributed by atoms with Gasteiger partial charge in [0.15, 0.2) is 6.29 Å². The van der Waals surface area contributed by atoms with Crippen LogP contribution >= 0.6 is 11.8 Å². The molecule has 6 heteroatoms. The molecule has 160 valence electrons. The number of aliphatic hydroxyl groups is 1. The fourth-order valence-corrected chi connectivity index (χ4v) is 4.68. The number of aromatic nitrogens is 2. The van der Waals surface area contributed by atoms with Crippen LogP contribution in [0, 0.1) is 5.92 Å². The van der Waals surface area contributed by atoms with Gasteiger partial charge in [-0.05, 0) is 24.0 Å². The van der Waals surface area contributed by atoms with Crippen LogP contribution in [0.5, 0.6) is 0 Å². The van der Waals surface area contributed by atoms with Crippen molar-refractivity contribution in [1.29, 1.82) is 0 Å². The smallest absolute Gasteiger partial charge is 0.155 e. The SMILES string of the molecule is CCCCC(CC)COC(O)CCSc1cc2n(n1)[C@H](c1ccccc1)C[C@@H]2F. The summed E-state index contributed by atoms with van der Waals surface area (Å²) < 4.78 is 22.0. The molecular weight excluding hydrogens is 387 g/mol. The van der Waals surface area contributed by atoms with Crippen molar-refractivity contribution in [2.45, 2.75) is 75.9 Å². The van der Waals surface area contributed by atoms with Gasteiger partial charge < -0.3 is 9.84 Å². The maximum atomic E-state index is 14.5. The second-order valence-electron chi connectivity index (χ2n) is 7.82. The van der Waals surface area contributed by atoms with Gasteiger partial charge in [0, 0.05) is 18.6 Å². The molecule has 29 heavy (non-hydrogen) atoms. The molecule has 1 aromatic heterocycles. The molecule has 3 rings (SSSR count). The lowest BCUT2D eigenvalue weighted by atomic mass is 10.0. The third kappa shape index (κ3) is 6.06. The van der Waals surface area contributed by atoms with Gasteiger partial charge in [-0.25, -0.2) is 4.39 Å². The number of alkyl halides is 1. The van der Waals surface area contributed by atoms with Gasteiger partial charge >= 0.3 is 0 Å². The van der Waals surface area contributed by atoms with Gasteiger partial charge in [-0.1, -0.05) is 63.4 Å². The van der Waals surface area contributed by atoms with Gasteiger partial charge in [0.25, 0.3) is 0 Å². The maximum Gasteiger partial charge on any atom is 0.155 e. The second-order valence-corrected chi connectivity index (χ2v) is 8.94. The molecule has 0 bridgehead atoms. The lowest BCUT2D eigenvalue weighted by molar-refractivity contribution is -0.111. The van der Waals surface area contributed by atoms with Crippen LogP contribution in [0.15, 0.2) is 41.4 Å². The molecule has 0 fully saturated rings. The summed E-state index contributed by atoms with van der Waals surface area (Å²) in [6, 6.07) is 11.8. The Labute approximate surface area is 177 Å². The van der Waals surface area contributed by atoms with E-state index < -0.39 is 12.5 Å². The first-order chi connectivity index (χ1) is 14.1. The van der Waals surface area contributed by atoms with Gasteiger partial charge in [0.1, 0.15) is 11.2 Å². The molecule has 0 radical (unpaired) electrons. The molecule has 1 aliphatic heterocycles. The normalized spacial score (nSPS) is 20.6. The zero-order valence-corrected chi connectivity index (χ0v) is 18.3. The number of rotatable bonds is 12. The molecule has 2 heterocycles. The Morgan fingerprint density at radius 3 is 2.79 bits per heavy atom. The van der Waals surface area contributed by atoms with E-state index in [-0.39, 0.29) is 6.04 Å². The summed E-state index contributed by atoms with van der Waals surface area (Å²) in [4.78, 5) is 0. The fraction of sp³-hybridized carbons (Fsp3) is 0.609. The highest BCUT2D eigenvalue weighted by molar-refractivity contribution is 7.99. The monoisotopic (exact) mass is 420 g/mol. The number of hydrogen-bond acceptors (Lipinski definition) is 4. The van der Waals surface area contributed by atoms with Crippen molar-refractivity contribution in [2.75, 3.05) is 12.4 Å². The molecule has 0 spiro atoms. The van der Waals surface area contributed by atoms with Gasteiger partial charge in [0.05, 0.1) is 18.3 Å². The first-order valence-electron chi connectivity index (χ1n) is 10.8. The van der Waals surface area contributed by atoms with Crippen molar-refractivity contribution in [2.24, 2.45) is 5.92 Å². The summed E-state index contributed by atoms with van der Waals surface area (Å²) in [6.07, 6.45) is 3.88. The molecule has 0 amide bonds. The summed E-state index contributed by atoms with van der Waals surface area (Å²) in [5, 5.41) is 15.6. The molecule has 2 unspecified atom stereocenters. The van der Waals surface area contributed by atoms with Crippen LogP contribution in [0.3, 0.4) is 0 Å². The van der Waals surface area contributed by atoms with E-state index in [9.17, 15) is 9.50 Å². The standard InChI is InChI=1S/C23H33FN2O2S/c1-3-5-9-17(4-2)16-28-23(27)12-13-29-22-15-21-19(24)14-20(26(21)25-22)18-10-7-6-8-11-18/h6-8,10-11,15,17,19-20,23,27H,3-5,9,12-14,16H2,1-2H3/t17?,19-,20-,23?/m0/s1. The number of aliphatic hydroxyl groups excluding tert-OH is 1. The zero-order valence-electron chi connectivity index (χ0n) is 17.5. The first kappa shape index (κ1) is 22.3. The third-order valence-electron chi connectivity index (χ3n) is 5.66. The van der Waals surface area contributed by atoms with E-state index in [1.165, 1.54) is 12.8 Å². The van der Waals surface area contributed by atoms with E-state index >= 15 is 0 Å². The Hall–Kier alpha value is -1.37. The van der Waals surface area contributed by atoms with Crippen molar-refractivity contribution in [1.82, 2.24) is 9.78 Å².